The molecule has 0 radical (unpaired) electrons. The van der Waals surface area contributed by atoms with E-state index in [-0.39, 0.29) is 6.61 Å². The average molecular weight is 244 g/mol. The van der Waals surface area contributed by atoms with Crippen LogP contribution >= 0.6 is 0 Å². The molecule has 0 aliphatic rings. The van der Waals surface area contributed by atoms with Crippen molar-refractivity contribution in [2.45, 2.75) is 25.9 Å². The van der Waals surface area contributed by atoms with Crippen LogP contribution in [0.15, 0.2) is 30.3 Å². The van der Waals surface area contributed by atoms with Gasteiger partial charge in [0.15, 0.2) is 0 Å². The van der Waals surface area contributed by atoms with E-state index in [1.165, 1.54) is 0 Å². The van der Waals surface area contributed by atoms with E-state index < -0.39 is 31.4 Å². The Morgan fingerprint density at radius 2 is 2.24 bits per heavy atom. The van der Waals surface area contributed by atoms with E-state index in [9.17, 15) is 9.59 Å². The standard InChI is InChI=1S/C12H15NO4/c1-9(7-11(14)15)13-12(16)17-8-10-5-3-2-4-6-10/h2-6,9H,7-8H2,1H3,(H,13,16)(H,14,15)/t9-/m0/s1/i1+1D3,7+1,9+1D. The Bertz CT molecular complexity index is 506. The lowest BCUT2D eigenvalue weighted by atomic mass is 10.2. The van der Waals surface area contributed by atoms with E-state index in [1.54, 1.807) is 35.6 Å². The molecule has 1 amide bonds. The van der Waals surface area contributed by atoms with Gasteiger partial charge < -0.3 is 15.2 Å². The number of carboxylic acid groups (broad SMARTS) is 1. The van der Waals surface area contributed by atoms with E-state index in [2.05, 4.69) is 0 Å². The maximum atomic E-state index is 11.6. The number of ether oxygens (including phenoxy) is 1. The minimum atomic E-state index is -3.00. The SMILES string of the molecule is [2H][13C]([2H])([2H])[13C@@]([2H])([13CH2]C(=O)O)NC(=O)OCc1ccccc1. The molecule has 0 unspecified atom stereocenters. The fourth-order valence-electron chi connectivity index (χ4n) is 1.08. The summed E-state index contributed by atoms with van der Waals surface area (Å²) in [6.07, 6.45) is -2.23. The molecule has 0 spiro atoms. The zero-order chi connectivity index (χ0) is 16.1. The van der Waals surface area contributed by atoms with Crippen LogP contribution in [0.2, 0.25) is 0 Å². The van der Waals surface area contributed by atoms with Crippen molar-refractivity contribution < 1.29 is 24.9 Å². The van der Waals surface area contributed by atoms with Gasteiger partial charge in [0.25, 0.3) is 0 Å². The highest BCUT2D eigenvalue weighted by Gasteiger charge is 2.11. The molecular formula is C12H15NO4. The normalized spacial score (nSPS) is 17.6. The summed E-state index contributed by atoms with van der Waals surface area (Å²) in [7, 11) is 0. The van der Waals surface area contributed by atoms with Crippen molar-refractivity contribution in [3.63, 3.8) is 0 Å². The first-order valence-corrected chi connectivity index (χ1v) is 4.85. The summed E-state index contributed by atoms with van der Waals surface area (Å²) in [5, 5.41) is 10.5. The number of hydrogen-bond acceptors (Lipinski definition) is 3. The molecule has 1 atom stereocenters. The molecule has 0 aliphatic carbocycles. The number of carboxylic acids is 1. The third-order valence-electron chi connectivity index (χ3n) is 1.79. The molecule has 0 aliphatic heterocycles. The van der Waals surface area contributed by atoms with Crippen molar-refractivity contribution in [1.29, 1.82) is 0 Å². The number of aliphatic carboxylic acids is 1. The molecule has 17 heavy (non-hydrogen) atoms. The predicted octanol–water partition coefficient (Wildman–Crippen LogP) is 1.78. The Labute approximate surface area is 105 Å². The first-order chi connectivity index (χ1) is 9.64. The van der Waals surface area contributed by atoms with Gasteiger partial charge in [-0.05, 0) is 12.4 Å². The fourth-order valence-corrected chi connectivity index (χ4v) is 1.08. The minimum absolute atomic E-state index is 0.114. The third kappa shape index (κ3) is 5.55. The average Bonchev–Trinajstić information content (AvgIpc) is 2.35. The van der Waals surface area contributed by atoms with Crippen LogP contribution in [-0.4, -0.2) is 23.2 Å². The Kier molecular flexibility index (Phi) is 3.11. The topological polar surface area (TPSA) is 75.6 Å². The molecule has 2 N–H and O–H groups in total. The van der Waals surface area contributed by atoms with Gasteiger partial charge >= 0.3 is 12.1 Å². The molecule has 1 aromatic rings. The van der Waals surface area contributed by atoms with Gasteiger partial charge in [-0.1, -0.05) is 30.3 Å². The van der Waals surface area contributed by atoms with Gasteiger partial charge in [0.1, 0.15) is 6.61 Å². The van der Waals surface area contributed by atoms with Crippen LogP contribution < -0.4 is 5.32 Å². The zero-order valence-electron chi connectivity index (χ0n) is 13.0. The summed E-state index contributed by atoms with van der Waals surface area (Å²) < 4.78 is 34.0. The van der Waals surface area contributed by atoms with Gasteiger partial charge in [-0.2, -0.15) is 0 Å². The summed E-state index contributed by atoms with van der Waals surface area (Å²) in [4.78, 5) is 22.2. The lowest BCUT2D eigenvalue weighted by Gasteiger charge is -2.11. The van der Waals surface area contributed by atoms with E-state index in [1.807, 2.05) is 0 Å². The predicted molar refractivity (Wildman–Crippen MR) is 61.5 cm³/mol. The van der Waals surface area contributed by atoms with Crippen LogP contribution in [0.4, 0.5) is 4.79 Å². The summed E-state index contributed by atoms with van der Waals surface area (Å²) in [6.45, 7) is -3.12. The van der Waals surface area contributed by atoms with Gasteiger partial charge in [-0.3, -0.25) is 4.79 Å². The molecule has 0 saturated heterocycles. The van der Waals surface area contributed by atoms with Crippen LogP contribution in [0, 0.1) is 0 Å². The Hall–Kier alpha value is -2.04. The Morgan fingerprint density at radius 1 is 1.53 bits per heavy atom. The molecule has 0 saturated carbocycles. The lowest BCUT2D eigenvalue weighted by Crippen LogP contribution is -2.34. The van der Waals surface area contributed by atoms with Gasteiger partial charge in [-0.15, -0.1) is 0 Å². The highest BCUT2D eigenvalue weighted by molar-refractivity contribution is 5.71. The maximum Gasteiger partial charge on any atom is 0.407 e. The lowest BCUT2D eigenvalue weighted by molar-refractivity contribution is -0.137. The molecule has 0 fully saturated rings. The molecule has 1 rings (SSSR count). The van der Waals surface area contributed by atoms with Crippen molar-refractivity contribution in [1.82, 2.24) is 5.32 Å². The van der Waals surface area contributed by atoms with Crippen molar-refractivity contribution in [2.24, 2.45) is 0 Å². The van der Waals surface area contributed by atoms with Crippen LogP contribution in [0.3, 0.4) is 0 Å². The van der Waals surface area contributed by atoms with Crippen LogP contribution in [0.5, 0.6) is 0 Å². The Morgan fingerprint density at radius 3 is 2.82 bits per heavy atom. The van der Waals surface area contributed by atoms with E-state index >= 15 is 0 Å². The number of carbonyl (C=O) groups is 2. The van der Waals surface area contributed by atoms with Gasteiger partial charge in [0, 0.05) is 10.1 Å². The summed E-state index contributed by atoms with van der Waals surface area (Å²) in [6, 6.07) is 5.99. The van der Waals surface area contributed by atoms with Crippen molar-refractivity contribution >= 4 is 12.1 Å². The van der Waals surface area contributed by atoms with Crippen molar-refractivity contribution in [2.75, 3.05) is 0 Å². The minimum Gasteiger partial charge on any atom is -0.481 e. The molecule has 5 nitrogen and oxygen atoms in total. The largest absolute Gasteiger partial charge is 0.481 e. The first kappa shape index (κ1) is 8.11. The number of benzene rings is 1. The number of hydrogen-bond donors (Lipinski definition) is 2. The van der Waals surface area contributed by atoms with Crippen molar-refractivity contribution in [3.05, 3.63) is 35.9 Å². The molecule has 92 valence electrons. The second-order valence-electron chi connectivity index (χ2n) is 3.24. The number of nitrogens with one attached hydrogen (secondary N) is 1. The molecule has 0 aromatic heterocycles. The molecule has 1 aromatic carbocycles. The van der Waals surface area contributed by atoms with Crippen LogP contribution in [0.1, 0.15) is 24.3 Å². The highest BCUT2D eigenvalue weighted by atomic mass is 16.5. The number of carbonyl (C=O) groups excluding carboxylic acids is 1. The van der Waals surface area contributed by atoms with Gasteiger partial charge in [0.2, 0.25) is 0 Å². The number of rotatable bonds is 5. The smallest absolute Gasteiger partial charge is 0.407 e. The highest BCUT2D eigenvalue weighted by Crippen LogP contribution is 2.01. The third-order valence-corrected chi connectivity index (χ3v) is 1.79. The zero-order valence-corrected chi connectivity index (χ0v) is 8.97. The quantitative estimate of drug-likeness (QED) is 0.774. The van der Waals surface area contributed by atoms with Crippen LogP contribution in [-0.2, 0) is 16.1 Å². The second-order valence-corrected chi connectivity index (χ2v) is 3.24. The van der Waals surface area contributed by atoms with E-state index in [0.717, 1.165) is 0 Å². The van der Waals surface area contributed by atoms with Crippen LogP contribution in [0.25, 0.3) is 0 Å². The van der Waals surface area contributed by atoms with E-state index in [0.29, 0.717) is 5.56 Å². The van der Waals surface area contributed by atoms with E-state index in [4.69, 9.17) is 15.3 Å². The monoisotopic (exact) mass is 244 g/mol. The maximum absolute atomic E-state index is 11.6. The Balaban J connectivity index is 2.67. The summed E-state index contributed by atoms with van der Waals surface area (Å²) in [5.74, 6) is -1.51. The summed E-state index contributed by atoms with van der Waals surface area (Å²) >= 11 is 0. The van der Waals surface area contributed by atoms with Crippen molar-refractivity contribution in [3.8, 4) is 0 Å². The summed E-state index contributed by atoms with van der Waals surface area (Å²) in [5.41, 5.74) is 0.676. The number of amides is 1. The second kappa shape index (κ2) is 6.52. The molecule has 0 bridgehead atoms. The van der Waals surface area contributed by atoms with Gasteiger partial charge in [-0.25, -0.2) is 4.79 Å². The molecule has 5 heteroatoms. The molecule has 0 heterocycles. The number of alkyl carbamates (subject to hydrolysis) is 1. The van der Waals surface area contributed by atoms with Gasteiger partial charge in [0.05, 0.1) is 7.79 Å². The fraction of sp³-hybridized carbons (Fsp3) is 0.333. The first-order valence-electron chi connectivity index (χ1n) is 6.85. The molecular weight excluding hydrogens is 225 g/mol.